The SMILES string of the molecule is CC1(C)CC(N(Cc2cnc[nH]2)Cc2ccccc2F)CC(C)(C)N1. The molecule has 4 nitrogen and oxygen atoms in total. The zero-order valence-electron chi connectivity index (χ0n) is 15.6. The fourth-order valence-corrected chi connectivity index (χ4v) is 4.28. The fourth-order valence-electron chi connectivity index (χ4n) is 4.28. The van der Waals surface area contributed by atoms with Crippen LogP contribution < -0.4 is 5.32 Å². The summed E-state index contributed by atoms with van der Waals surface area (Å²) >= 11 is 0. The molecule has 0 atom stereocenters. The first kappa shape index (κ1) is 18.1. The minimum Gasteiger partial charge on any atom is -0.347 e. The van der Waals surface area contributed by atoms with Crippen LogP contribution in [0.2, 0.25) is 0 Å². The van der Waals surface area contributed by atoms with Crippen LogP contribution in [-0.4, -0.2) is 32.0 Å². The van der Waals surface area contributed by atoms with Gasteiger partial charge in [0, 0.05) is 47.7 Å². The second-order valence-corrected chi connectivity index (χ2v) is 8.53. The number of aromatic nitrogens is 2. The minimum absolute atomic E-state index is 0.0495. The van der Waals surface area contributed by atoms with Gasteiger partial charge in [-0.2, -0.15) is 0 Å². The predicted octanol–water partition coefficient (Wildman–Crippen LogP) is 3.86. The number of piperidine rings is 1. The van der Waals surface area contributed by atoms with E-state index in [4.69, 9.17) is 0 Å². The molecule has 0 amide bonds. The number of hydrogen-bond acceptors (Lipinski definition) is 3. The number of nitrogens with one attached hydrogen (secondary N) is 2. The van der Waals surface area contributed by atoms with Crippen molar-refractivity contribution in [2.75, 3.05) is 0 Å². The molecule has 1 aromatic carbocycles. The van der Waals surface area contributed by atoms with Crippen LogP contribution in [0.5, 0.6) is 0 Å². The molecule has 136 valence electrons. The number of halogens is 1. The van der Waals surface area contributed by atoms with Gasteiger partial charge in [0.2, 0.25) is 0 Å². The molecule has 2 heterocycles. The Hall–Kier alpha value is -1.72. The van der Waals surface area contributed by atoms with E-state index < -0.39 is 0 Å². The Kier molecular flexibility index (Phi) is 4.98. The first-order valence-electron chi connectivity index (χ1n) is 8.98. The zero-order valence-corrected chi connectivity index (χ0v) is 15.6. The van der Waals surface area contributed by atoms with Gasteiger partial charge in [0.1, 0.15) is 5.82 Å². The number of H-pyrrole nitrogens is 1. The van der Waals surface area contributed by atoms with E-state index in [0.717, 1.165) is 30.6 Å². The van der Waals surface area contributed by atoms with E-state index in [-0.39, 0.29) is 16.9 Å². The summed E-state index contributed by atoms with van der Waals surface area (Å²) in [5.41, 5.74) is 1.91. The number of benzene rings is 1. The number of imidazole rings is 1. The molecule has 2 aromatic rings. The van der Waals surface area contributed by atoms with Gasteiger partial charge in [0.05, 0.1) is 6.33 Å². The molecule has 25 heavy (non-hydrogen) atoms. The first-order valence-corrected chi connectivity index (χ1v) is 8.98. The van der Waals surface area contributed by atoms with Crippen LogP contribution in [0.15, 0.2) is 36.8 Å². The van der Waals surface area contributed by atoms with Crippen molar-refractivity contribution in [3.63, 3.8) is 0 Å². The number of nitrogens with zero attached hydrogens (tertiary/aromatic N) is 2. The summed E-state index contributed by atoms with van der Waals surface area (Å²) in [6.07, 6.45) is 5.61. The number of hydrogen-bond donors (Lipinski definition) is 2. The highest BCUT2D eigenvalue weighted by atomic mass is 19.1. The quantitative estimate of drug-likeness (QED) is 0.866. The summed E-state index contributed by atoms with van der Waals surface area (Å²) in [6, 6.07) is 7.44. The maximum absolute atomic E-state index is 14.2. The average Bonchev–Trinajstić information content (AvgIpc) is 2.98. The summed E-state index contributed by atoms with van der Waals surface area (Å²) in [4.78, 5) is 9.71. The lowest BCUT2D eigenvalue weighted by Gasteiger charge is -2.49. The number of aromatic amines is 1. The molecule has 0 radical (unpaired) electrons. The maximum atomic E-state index is 14.2. The highest BCUT2D eigenvalue weighted by Crippen LogP contribution is 2.33. The molecule has 0 bridgehead atoms. The third-order valence-electron chi connectivity index (χ3n) is 4.94. The van der Waals surface area contributed by atoms with E-state index in [9.17, 15) is 4.39 Å². The Morgan fingerprint density at radius 1 is 1.12 bits per heavy atom. The van der Waals surface area contributed by atoms with Crippen molar-refractivity contribution >= 4 is 0 Å². The lowest BCUT2D eigenvalue weighted by molar-refractivity contribution is 0.0550. The van der Waals surface area contributed by atoms with Crippen molar-refractivity contribution in [3.05, 3.63) is 53.9 Å². The van der Waals surface area contributed by atoms with Crippen molar-refractivity contribution in [1.29, 1.82) is 0 Å². The van der Waals surface area contributed by atoms with E-state index in [2.05, 4.69) is 47.9 Å². The van der Waals surface area contributed by atoms with Gasteiger partial charge < -0.3 is 10.3 Å². The van der Waals surface area contributed by atoms with Crippen LogP contribution in [0, 0.1) is 5.82 Å². The van der Waals surface area contributed by atoms with Crippen LogP contribution in [-0.2, 0) is 13.1 Å². The summed E-state index contributed by atoms with van der Waals surface area (Å²) in [5, 5.41) is 3.73. The second kappa shape index (κ2) is 6.89. The normalized spacial score (nSPS) is 20.1. The van der Waals surface area contributed by atoms with Crippen molar-refractivity contribution in [3.8, 4) is 0 Å². The molecular weight excluding hydrogens is 315 g/mol. The Morgan fingerprint density at radius 2 is 1.80 bits per heavy atom. The molecule has 0 saturated carbocycles. The molecule has 1 aromatic heterocycles. The average molecular weight is 344 g/mol. The molecule has 1 fully saturated rings. The maximum Gasteiger partial charge on any atom is 0.127 e. The molecule has 1 aliphatic heterocycles. The third kappa shape index (κ3) is 4.67. The Labute approximate surface area is 149 Å². The van der Waals surface area contributed by atoms with Crippen LogP contribution >= 0.6 is 0 Å². The van der Waals surface area contributed by atoms with E-state index in [1.807, 2.05) is 18.3 Å². The Bertz CT molecular complexity index is 677. The minimum atomic E-state index is -0.135. The van der Waals surface area contributed by atoms with Crippen LogP contribution in [0.3, 0.4) is 0 Å². The smallest absolute Gasteiger partial charge is 0.127 e. The lowest BCUT2D eigenvalue weighted by atomic mass is 9.79. The largest absolute Gasteiger partial charge is 0.347 e. The van der Waals surface area contributed by atoms with E-state index >= 15 is 0 Å². The molecule has 2 N–H and O–H groups in total. The van der Waals surface area contributed by atoms with Gasteiger partial charge in [-0.15, -0.1) is 0 Å². The van der Waals surface area contributed by atoms with Gasteiger partial charge in [-0.3, -0.25) is 4.90 Å². The summed E-state index contributed by atoms with van der Waals surface area (Å²) in [5.74, 6) is -0.135. The molecule has 5 heteroatoms. The van der Waals surface area contributed by atoms with E-state index in [0.29, 0.717) is 12.6 Å². The predicted molar refractivity (Wildman–Crippen MR) is 98.6 cm³/mol. The zero-order chi connectivity index (χ0) is 18.1. The van der Waals surface area contributed by atoms with Gasteiger partial charge in [0.15, 0.2) is 0 Å². The highest BCUT2D eigenvalue weighted by Gasteiger charge is 2.40. The van der Waals surface area contributed by atoms with Crippen molar-refractivity contribution in [2.45, 2.75) is 70.7 Å². The molecular formula is C20H29FN4. The summed E-state index contributed by atoms with van der Waals surface area (Å²) in [6.45, 7) is 10.3. The van der Waals surface area contributed by atoms with Crippen LogP contribution in [0.1, 0.15) is 51.8 Å². The van der Waals surface area contributed by atoms with Crippen molar-refractivity contribution in [2.24, 2.45) is 0 Å². The molecule has 1 aliphatic rings. The monoisotopic (exact) mass is 344 g/mol. The van der Waals surface area contributed by atoms with Gasteiger partial charge in [-0.1, -0.05) is 18.2 Å². The highest BCUT2D eigenvalue weighted by molar-refractivity contribution is 5.18. The fraction of sp³-hybridized carbons (Fsp3) is 0.550. The topological polar surface area (TPSA) is 44.0 Å². The van der Waals surface area contributed by atoms with Crippen molar-refractivity contribution in [1.82, 2.24) is 20.2 Å². The molecule has 0 aliphatic carbocycles. The lowest BCUT2D eigenvalue weighted by Crippen LogP contribution is -2.62. The standard InChI is InChI=1S/C20H29FN4/c1-19(2)9-17(10-20(3,4)24-19)25(13-16-11-22-14-23-16)12-15-7-5-6-8-18(15)21/h5-8,11,14,17,24H,9-10,12-13H2,1-4H3,(H,22,23). The molecule has 1 saturated heterocycles. The van der Waals surface area contributed by atoms with Crippen LogP contribution in [0.4, 0.5) is 4.39 Å². The van der Waals surface area contributed by atoms with E-state index in [1.54, 1.807) is 18.5 Å². The molecule has 0 unspecified atom stereocenters. The third-order valence-corrected chi connectivity index (χ3v) is 4.94. The van der Waals surface area contributed by atoms with Crippen molar-refractivity contribution < 1.29 is 4.39 Å². The Morgan fingerprint density at radius 3 is 2.40 bits per heavy atom. The van der Waals surface area contributed by atoms with Crippen LogP contribution in [0.25, 0.3) is 0 Å². The van der Waals surface area contributed by atoms with Gasteiger partial charge >= 0.3 is 0 Å². The first-order chi connectivity index (χ1) is 11.7. The number of rotatable bonds is 5. The summed E-state index contributed by atoms with van der Waals surface area (Å²) in [7, 11) is 0. The Balaban J connectivity index is 1.86. The van der Waals surface area contributed by atoms with Gasteiger partial charge in [0.25, 0.3) is 0 Å². The second-order valence-electron chi connectivity index (χ2n) is 8.53. The summed E-state index contributed by atoms with van der Waals surface area (Å²) < 4.78 is 14.2. The molecule has 0 spiro atoms. The van der Waals surface area contributed by atoms with Gasteiger partial charge in [-0.05, 0) is 46.6 Å². The van der Waals surface area contributed by atoms with E-state index in [1.165, 1.54) is 0 Å². The van der Waals surface area contributed by atoms with Gasteiger partial charge in [-0.25, -0.2) is 9.37 Å². The molecule has 3 rings (SSSR count).